The third-order valence-electron chi connectivity index (χ3n) is 1.93. The van der Waals surface area contributed by atoms with Crippen LogP contribution in [0.5, 0.6) is 0 Å². The summed E-state index contributed by atoms with van der Waals surface area (Å²) < 4.78 is 0. The van der Waals surface area contributed by atoms with E-state index in [-0.39, 0.29) is 24.9 Å². The van der Waals surface area contributed by atoms with Gasteiger partial charge in [-0.3, -0.25) is 9.59 Å². The molecule has 0 aliphatic carbocycles. The van der Waals surface area contributed by atoms with Crippen molar-refractivity contribution in [3.05, 3.63) is 0 Å². The molecule has 15 heavy (non-hydrogen) atoms. The molecule has 6 heteroatoms. The van der Waals surface area contributed by atoms with Crippen molar-refractivity contribution in [2.24, 2.45) is 0 Å². The number of nitrogens with zero attached hydrogens (tertiary/aromatic N) is 1. The van der Waals surface area contributed by atoms with E-state index in [1.54, 1.807) is 0 Å². The van der Waals surface area contributed by atoms with Crippen molar-refractivity contribution in [3.63, 3.8) is 0 Å². The molecule has 0 spiro atoms. The van der Waals surface area contributed by atoms with Gasteiger partial charge in [-0.15, -0.1) is 0 Å². The Morgan fingerprint density at radius 2 is 2.00 bits per heavy atom. The Morgan fingerprint density at radius 3 is 2.40 bits per heavy atom. The van der Waals surface area contributed by atoms with Gasteiger partial charge in [0.05, 0.1) is 13.2 Å². The molecular formula is C9H18N2O4. The first-order valence-corrected chi connectivity index (χ1v) is 4.60. The van der Waals surface area contributed by atoms with E-state index >= 15 is 0 Å². The molecule has 0 rings (SSSR count). The van der Waals surface area contributed by atoms with Crippen LogP contribution in [0.15, 0.2) is 0 Å². The van der Waals surface area contributed by atoms with Crippen molar-refractivity contribution in [1.82, 2.24) is 10.2 Å². The first kappa shape index (κ1) is 13.9. The van der Waals surface area contributed by atoms with Crippen LogP contribution in [0.25, 0.3) is 0 Å². The van der Waals surface area contributed by atoms with Crippen molar-refractivity contribution < 1.29 is 19.8 Å². The van der Waals surface area contributed by atoms with Gasteiger partial charge in [0.2, 0.25) is 11.8 Å². The zero-order valence-electron chi connectivity index (χ0n) is 9.28. The Hall–Kier alpha value is -1.14. The van der Waals surface area contributed by atoms with Crippen LogP contribution in [0.3, 0.4) is 0 Å². The zero-order chi connectivity index (χ0) is 12.1. The minimum atomic E-state index is -1.33. The number of carbonyl (C=O) groups is 2. The molecule has 0 saturated carbocycles. The maximum atomic E-state index is 11.2. The van der Waals surface area contributed by atoms with E-state index in [1.165, 1.54) is 25.8 Å². The summed E-state index contributed by atoms with van der Waals surface area (Å²) in [5.74, 6) is -0.583. The molecule has 0 saturated heterocycles. The number of likely N-dealkylation sites (N-methyl/N-ethyl adjacent to an activating group) is 1. The van der Waals surface area contributed by atoms with E-state index in [9.17, 15) is 14.7 Å². The van der Waals surface area contributed by atoms with Gasteiger partial charge in [-0.05, 0) is 6.92 Å². The molecule has 0 bridgehead atoms. The molecule has 0 fully saturated rings. The van der Waals surface area contributed by atoms with Gasteiger partial charge in [0.15, 0.2) is 0 Å². The largest absolute Gasteiger partial charge is 0.393 e. The lowest BCUT2D eigenvalue weighted by Crippen LogP contribution is -2.46. The van der Waals surface area contributed by atoms with Crippen LogP contribution in [0, 0.1) is 0 Å². The highest BCUT2D eigenvalue weighted by molar-refractivity contribution is 5.83. The molecule has 1 unspecified atom stereocenters. The predicted octanol–water partition coefficient (Wildman–Crippen LogP) is -1.68. The molecular weight excluding hydrogens is 200 g/mol. The molecule has 0 aliphatic rings. The van der Waals surface area contributed by atoms with Crippen molar-refractivity contribution >= 4 is 11.8 Å². The monoisotopic (exact) mass is 218 g/mol. The van der Waals surface area contributed by atoms with Gasteiger partial charge in [-0.2, -0.15) is 0 Å². The normalized spacial score (nSPS) is 14.2. The van der Waals surface area contributed by atoms with Crippen LogP contribution < -0.4 is 5.32 Å². The number of hydrogen-bond donors (Lipinski definition) is 3. The Bertz CT molecular complexity index is 240. The topological polar surface area (TPSA) is 89.9 Å². The lowest BCUT2D eigenvalue weighted by Gasteiger charge is -2.21. The highest BCUT2D eigenvalue weighted by Crippen LogP contribution is 1.98. The number of nitrogens with one attached hydrogen (secondary N) is 1. The molecule has 6 nitrogen and oxygen atoms in total. The first-order chi connectivity index (χ1) is 6.78. The van der Waals surface area contributed by atoms with E-state index < -0.39 is 12.2 Å². The molecule has 0 aliphatic heterocycles. The molecule has 0 aromatic carbocycles. The summed E-state index contributed by atoms with van der Waals surface area (Å²) in [6.07, 6.45) is 0. The number of rotatable bonds is 5. The van der Waals surface area contributed by atoms with Crippen molar-refractivity contribution in [1.29, 1.82) is 0 Å². The highest BCUT2D eigenvalue weighted by Gasteiger charge is 2.20. The predicted molar refractivity (Wildman–Crippen MR) is 54.0 cm³/mol. The van der Waals surface area contributed by atoms with Crippen molar-refractivity contribution in [2.45, 2.75) is 19.4 Å². The second-order valence-electron chi connectivity index (χ2n) is 3.81. The average Bonchev–Trinajstić information content (AvgIpc) is 2.15. The Kier molecular flexibility index (Phi) is 5.24. The Balaban J connectivity index is 3.91. The summed E-state index contributed by atoms with van der Waals surface area (Å²) in [5, 5.41) is 20.5. The third kappa shape index (κ3) is 6.03. The highest BCUT2D eigenvalue weighted by atomic mass is 16.3. The lowest BCUT2D eigenvalue weighted by atomic mass is 10.1. The molecule has 0 aromatic rings. The minimum Gasteiger partial charge on any atom is -0.393 e. The van der Waals surface area contributed by atoms with Gasteiger partial charge in [0.1, 0.15) is 5.60 Å². The minimum absolute atomic E-state index is 0.0475. The molecule has 3 N–H and O–H groups in total. The van der Waals surface area contributed by atoms with Gasteiger partial charge in [0, 0.05) is 20.5 Å². The quantitative estimate of drug-likeness (QED) is 0.514. The summed E-state index contributed by atoms with van der Waals surface area (Å²) in [5.41, 5.74) is -1.33. The summed E-state index contributed by atoms with van der Waals surface area (Å²) in [7, 11) is 1.51. The van der Waals surface area contributed by atoms with Crippen LogP contribution >= 0.6 is 0 Å². The summed E-state index contributed by atoms with van der Waals surface area (Å²) in [6.45, 7) is 2.22. The van der Waals surface area contributed by atoms with Gasteiger partial charge < -0.3 is 20.4 Å². The van der Waals surface area contributed by atoms with E-state index in [1.807, 2.05) is 0 Å². The molecule has 0 heterocycles. The van der Waals surface area contributed by atoms with Gasteiger partial charge in [-0.25, -0.2) is 0 Å². The molecule has 2 amide bonds. The summed E-state index contributed by atoms with van der Waals surface area (Å²) >= 11 is 0. The number of hydrogen-bond acceptors (Lipinski definition) is 4. The maximum absolute atomic E-state index is 11.2. The fraction of sp³-hybridized carbons (Fsp3) is 0.778. The molecule has 0 radical (unpaired) electrons. The number of carbonyl (C=O) groups excluding carboxylic acids is 2. The van der Waals surface area contributed by atoms with Gasteiger partial charge >= 0.3 is 0 Å². The smallest absolute Gasteiger partial charge is 0.239 e. The zero-order valence-corrected chi connectivity index (χ0v) is 9.28. The van der Waals surface area contributed by atoms with Crippen molar-refractivity contribution in [2.75, 3.05) is 26.7 Å². The van der Waals surface area contributed by atoms with Crippen molar-refractivity contribution in [3.8, 4) is 0 Å². The van der Waals surface area contributed by atoms with E-state index in [4.69, 9.17) is 5.11 Å². The van der Waals surface area contributed by atoms with Gasteiger partial charge in [0.25, 0.3) is 0 Å². The van der Waals surface area contributed by atoms with E-state index in [0.29, 0.717) is 0 Å². The van der Waals surface area contributed by atoms with Crippen LogP contribution in [-0.4, -0.2) is 59.3 Å². The summed E-state index contributed by atoms with van der Waals surface area (Å²) in [6, 6.07) is 0. The Morgan fingerprint density at radius 1 is 1.47 bits per heavy atom. The maximum Gasteiger partial charge on any atom is 0.239 e. The molecule has 88 valence electrons. The first-order valence-electron chi connectivity index (χ1n) is 4.60. The van der Waals surface area contributed by atoms with Crippen LogP contribution in [-0.2, 0) is 9.59 Å². The SMILES string of the molecule is CC(=O)N(C)CC(=O)NCC(C)(O)CO. The second kappa shape index (κ2) is 5.67. The van der Waals surface area contributed by atoms with Crippen LogP contribution in [0.2, 0.25) is 0 Å². The summed E-state index contributed by atoms with van der Waals surface area (Å²) in [4.78, 5) is 23.3. The van der Waals surface area contributed by atoms with E-state index in [0.717, 1.165) is 0 Å². The fourth-order valence-electron chi connectivity index (χ4n) is 0.728. The van der Waals surface area contributed by atoms with Crippen LogP contribution in [0.1, 0.15) is 13.8 Å². The fourth-order valence-corrected chi connectivity index (χ4v) is 0.728. The molecule has 1 atom stereocenters. The van der Waals surface area contributed by atoms with E-state index in [2.05, 4.69) is 5.32 Å². The average molecular weight is 218 g/mol. The van der Waals surface area contributed by atoms with Gasteiger partial charge in [-0.1, -0.05) is 0 Å². The Labute approximate surface area is 88.9 Å². The lowest BCUT2D eigenvalue weighted by molar-refractivity contribution is -0.133. The van der Waals surface area contributed by atoms with Crippen LogP contribution in [0.4, 0.5) is 0 Å². The standard InChI is InChI=1S/C9H18N2O4/c1-7(13)11(3)4-8(14)10-5-9(2,15)6-12/h12,15H,4-6H2,1-3H3,(H,10,14). The number of amides is 2. The number of aliphatic hydroxyl groups is 2. The number of aliphatic hydroxyl groups excluding tert-OH is 1. The molecule has 0 aromatic heterocycles. The third-order valence-corrected chi connectivity index (χ3v) is 1.93. The second-order valence-corrected chi connectivity index (χ2v) is 3.81.